The molecule has 5 nitrogen and oxygen atoms in total. The monoisotopic (exact) mass is 440 g/mol. The fourth-order valence-electron chi connectivity index (χ4n) is 3.57. The molecule has 8 heteroatoms. The van der Waals surface area contributed by atoms with E-state index in [-0.39, 0.29) is 16.6 Å². The normalized spacial score (nSPS) is 15.1. The van der Waals surface area contributed by atoms with Crippen molar-refractivity contribution in [3.8, 4) is 0 Å². The minimum atomic E-state index is -3.77. The van der Waals surface area contributed by atoms with Crippen molar-refractivity contribution < 1.29 is 13.2 Å². The van der Waals surface area contributed by atoms with Gasteiger partial charge in [-0.05, 0) is 42.2 Å². The average Bonchev–Trinajstić information content (AvgIpc) is 2.66. The first kappa shape index (κ1) is 21.0. The smallest absolute Gasteiger partial charge is 0.246 e. The zero-order valence-corrected chi connectivity index (χ0v) is 18.1. The van der Waals surface area contributed by atoms with Gasteiger partial charge < -0.3 is 4.90 Å². The van der Waals surface area contributed by atoms with Crippen LogP contribution in [0.2, 0.25) is 10.0 Å². The molecule has 28 heavy (non-hydrogen) atoms. The summed E-state index contributed by atoms with van der Waals surface area (Å²) >= 11 is 12.3. The van der Waals surface area contributed by atoms with E-state index in [1.807, 2.05) is 18.2 Å². The van der Waals surface area contributed by atoms with Crippen molar-refractivity contribution in [2.45, 2.75) is 32.4 Å². The third kappa shape index (κ3) is 4.29. The van der Waals surface area contributed by atoms with Crippen LogP contribution in [0.25, 0.3) is 0 Å². The summed E-state index contributed by atoms with van der Waals surface area (Å²) in [6.45, 7) is 2.80. The molecule has 2 aromatic rings. The Morgan fingerprint density at radius 1 is 1.18 bits per heavy atom. The molecular weight excluding hydrogens is 419 g/mol. The van der Waals surface area contributed by atoms with Crippen LogP contribution in [0.15, 0.2) is 42.5 Å². The summed E-state index contributed by atoms with van der Waals surface area (Å²) in [7, 11) is -3.77. The molecule has 1 heterocycles. The highest BCUT2D eigenvalue weighted by Crippen LogP contribution is 2.33. The Morgan fingerprint density at radius 3 is 2.50 bits per heavy atom. The maximum atomic E-state index is 13.3. The summed E-state index contributed by atoms with van der Waals surface area (Å²) in [4.78, 5) is 15.1. The lowest BCUT2D eigenvalue weighted by Gasteiger charge is -2.36. The predicted octanol–water partition coefficient (Wildman–Crippen LogP) is 4.12. The van der Waals surface area contributed by atoms with Gasteiger partial charge in [-0.2, -0.15) is 0 Å². The first-order valence-electron chi connectivity index (χ1n) is 9.02. The van der Waals surface area contributed by atoms with Gasteiger partial charge in [0.05, 0.1) is 17.0 Å². The summed E-state index contributed by atoms with van der Waals surface area (Å²) < 4.78 is 26.4. The highest BCUT2D eigenvalue weighted by Gasteiger charge is 2.36. The number of benzene rings is 2. The molecule has 0 bridgehead atoms. The quantitative estimate of drug-likeness (QED) is 0.702. The van der Waals surface area contributed by atoms with Crippen molar-refractivity contribution in [3.63, 3.8) is 0 Å². The topological polar surface area (TPSA) is 57.7 Å². The van der Waals surface area contributed by atoms with E-state index in [2.05, 4.69) is 6.07 Å². The van der Waals surface area contributed by atoms with E-state index in [1.54, 1.807) is 17.9 Å². The minimum Gasteiger partial charge on any atom is -0.336 e. The van der Waals surface area contributed by atoms with Crippen LogP contribution in [0.5, 0.6) is 0 Å². The highest BCUT2D eigenvalue weighted by molar-refractivity contribution is 7.92. The molecule has 150 valence electrons. The lowest BCUT2D eigenvalue weighted by atomic mass is 9.99. The van der Waals surface area contributed by atoms with Gasteiger partial charge in [-0.1, -0.05) is 54.4 Å². The molecule has 0 N–H and O–H groups in total. The van der Waals surface area contributed by atoms with Crippen molar-refractivity contribution in [3.05, 3.63) is 63.6 Å². The van der Waals surface area contributed by atoms with Crippen molar-refractivity contribution in [2.75, 3.05) is 17.1 Å². The number of hydrogen-bond acceptors (Lipinski definition) is 3. The Balaban J connectivity index is 1.97. The number of rotatable bonds is 5. The van der Waals surface area contributed by atoms with Crippen LogP contribution in [0.3, 0.4) is 0 Å². The van der Waals surface area contributed by atoms with Crippen LogP contribution in [-0.2, 0) is 27.8 Å². The lowest BCUT2D eigenvalue weighted by molar-refractivity contribution is -0.133. The molecule has 0 radical (unpaired) electrons. The van der Waals surface area contributed by atoms with E-state index < -0.39 is 16.1 Å². The summed E-state index contributed by atoms with van der Waals surface area (Å²) in [5.41, 5.74) is 2.52. The molecule has 0 saturated heterocycles. The van der Waals surface area contributed by atoms with Crippen LogP contribution in [-0.4, -0.2) is 38.1 Å². The van der Waals surface area contributed by atoms with Gasteiger partial charge in [-0.15, -0.1) is 0 Å². The summed E-state index contributed by atoms with van der Waals surface area (Å²) in [6.07, 6.45) is 2.13. The van der Waals surface area contributed by atoms with E-state index in [0.717, 1.165) is 22.5 Å². The van der Waals surface area contributed by atoms with Gasteiger partial charge >= 0.3 is 0 Å². The van der Waals surface area contributed by atoms with Gasteiger partial charge in [0, 0.05) is 18.1 Å². The molecule has 2 aromatic carbocycles. The summed E-state index contributed by atoms with van der Waals surface area (Å²) in [5, 5.41) is 0.576. The Bertz CT molecular complexity index is 995. The van der Waals surface area contributed by atoms with E-state index in [1.165, 1.54) is 17.7 Å². The molecule has 1 amide bonds. The molecule has 1 atom stereocenters. The van der Waals surface area contributed by atoms with Crippen LogP contribution in [0.4, 0.5) is 5.69 Å². The van der Waals surface area contributed by atoms with Crippen LogP contribution < -0.4 is 4.31 Å². The number of nitrogens with zero attached hydrogens (tertiary/aromatic N) is 2. The molecular formula is C20H22Cl2N2O3S. The van der Waals surface area contributed by atoms with Crippen molar-refractivity contribution in [2.24, 2.45) is 0 Å². The Kier molecular flexibility index (Phi) is 6.22. The second kappa shape index (κ2) is 8.31. The average molecular weight is 441 g/mol. The van der Waals surface area contributed by atoms with Gasteiger partial charge in [-0.25, -0.2) is 8.42 Å². The number of carbonyl (C=O) groups excluding carboxylic acids is 1. The molecule has 1 aliphatic rings. The summed E-state index contributed by atoms with van der Waals surface area (Å²) in [6, 6.07) is 11.7. The predicted molar refractivity (Wildman–Crippen MR) is 113 cm³/mol. The van der Waals surface area contributed by atoms with Crippen molar-refractivity contribution in [1.82, 2.24) is 4.90 Å². The largest absolute Gasteiger partial charge is 0.336 e. The molecule has 0 aliphatic carbocycles. The first-order chi connectivity index (χ1) is 13.2. The second-order valence-electron chi connectivity index (χ2n) is 6.86. The third-order valence-electron chi connectivity index (χ3n) is 4.90. The standard InChI is InChI=1S/C20H22Cl2N2O3S/c1-3-18(20(25)23-11-10-14-6-4-5-7-15(14)13-23)24(28(2,26)27)19-12-16(21)8-9-17(19)22/h4-9,12,18H,3,10-11,13H2,1-2H3/t18-/m1/s1. The zero-order valence-electron chi connectivity index (χ0n) is 15.7. The third-order valence-corrected chi connectivity index (χ3v) is 6.62. The van der Waals surface area contributed by atoms with E-state index in [4.69, 9.17) is 23.2 Å². The van der Waals surface area contributed by atoms with Gasteiger partial charge in [0.1, 0.15) is 6.04 Å². The highest BCUT2D eigenvalue weighted by atomic mass is 35.5. The second-order valence-corrected chi connectivity index (χ2v) is 9.56. The zero-order chi connectivity index (χ0) is 20.5. The van der Waals surface area contributed by atoms with Crippen LogP contribution in [0.1, 0.15) is 24.5 Å². The fraction of sp³-hybridized carbons (Fsp3) is 0.350. The van der Waals surface area contributed by atoms with Gasteiger partial charge in [0.2, 0.25) is 15.9 Å². The van der Waals surface area contributed by atoms with Crippen LogP contribution in [0, 0.1) is 0 Å². The fourth-order valence-corrected chi connectivity index (χ4v) is 5.20. The Labute approximate surface area is 175 Å². The molecule has 1 aliphatic heterocycles. The summed E-state index contributed by atoms with van der Waals surface area (Å²) in [5.74, 6) is -0.238. The van der Waals surface area contributed by atoms with Crippen molar-refractivity contribution >= 4 is 44.8 Å². The number of fused-ring (bicyclic) bond motifs is 1. The number of hydrogen-bond donors (Lipinski definition) is 0. The molecule has 0 fully saturated rings. The molecule has 0 unspecified atom stereocenters. The SMILES string of the molecule is CC[C@H](C(=O)N1CCc2ccccc2C1)N(c1cc(Cl)ccc1Cl)S(C)(=O)=O. The Hall–Kier alpha value is -1.76. The number of carbonyl (C=O) groups is 1. The minimum absolute atomic E-state index is 0.217. The van der Waals surface area contributed by atoms with Crippen molar-refractivity contribution in [1.29, 1.82) is 0 Å². The number of anilines is 1. The number of amides is 1. The molecule has 3 rings (SSSR count). The van der Waals surface area contributed by atoms with Gasteiger partial charge in [0.25, 0.3) is 0 Å². The van der Waals surface area contributed by atoms with E-state index >= 15 is 0 Å². The lowest BCUT2D eigenvalue weighted by Crippen LogP contribution is -2.51. The van der Waals surface area contributed by atoms with Gasteiger partial charge in [0.15, 0.2) is 0 Å². The maximum absolute atomic E-state index is 13.3. The maximum Gasteiger partial charge on any atom is 0.246 e. The molecule has 0 aromatic heterocycles. The number of halogens is 2. The van der Waals surface area contributed by atoms with Gasteiger partial charge in [-0.3, -0.25) is 9.10 Å². The van der Waals surface area contributed by atoms with Crippen LogP contribution >= 0.6 is 23.2 Å². The molecule has 0 spiro atoms. The Morgan fingerprint density at radius 2 is 1.86 bits per heavy atom. The van der Waals surface area contributed by atoms with E-state index in [0.29, 0.717) is 24.5 Å². The van der Waals surface area contributed by atoms with E-state index in [9.17, 15) is 13.2 Å². The first-order valence-corrected chi connectivity index (χ1v) is 11.6. The number of sulfonamides is 1. The molecule has 0 saturated carbocycles.